The van der Waals surface area contributed by atoms with Crippen LogP contribution in [0, 0.1) is 0 Å². The number of aliphatic hydroxyl groups excluding tert-OH is 1. The molecule has 60 valence electrons. The van der Waals surface area contributed by atoms with Crippen molar-refractivity contribution in [1.29, 1.82) is 0 Å². The van der Waals surface area contributed by atoms with E-state index < -0.39 is 13.0 Å². The maximum atomic E-state index is 9.42. The highest BCUT2D eigenvalue weighted by Gasteiger charge is 1.98. The zero-order valence-electron chi connectivity index (χ0n) is 9.24. The predicted molar refractivity (Wildman–Crippen MR) is 43.6 cm³/mol. The van der Waals surface area contributed by atoms with Gasteiger partial charge in [0.15, 0.2) is 0 Å². The minimum absolute atomic E-state index is 0.366. The Hall–Kier alpha value is -1.02. The van der Waals surface area contributed by atoms with Crippen molar-refractivity contribution >= 4 is 0 Å². The van der Waals surface area contributed by atoms with Crippen LogP contribution in [0.15, 0.2) is 24.3 Å². The fourth-order valence-corrected chi connectivity index (χ4v) is 0.786. The molecule has 1 atom stereocenters. The summed E-state index contributed by atoms with van der Waals surface area (Å²) in [4.78, 5) is 0. The molecule has 0 saturated carbocycles. The first-order valence-electron chi connectivity index (χ1n) is 4.77. The number of rotatable bonds is 2. The van der Waals surface area contributed by atoms with Gasteiger partial charge in [0, 0.05) is 4.11 Å². The Labute approximate surface area is 70.6 Å². The van der Waals surface area contributed by atoms with Crippen LogP contribution in [0.25, 0.3) is 0 Å². The second-order valence-electron chi connectivity index (χ2n) is 2.18. The molecule has 0 saturated heterocycles. The van der Waals surface area contributed by atoms with Gasteiger partial charge in [0.1, 0.15) is 5.75 Å². The van der Waals surface area contributed by atoms with Crippen molar-refractivity contribution in [2.75, 3.05) is 7.11 Å². The number of hydrogen-bond donors (Lipinski definition) is 1. The minimum atomic E-state index is -2.38. The summed E-state index contributed by atoms with van der Waals surface area (Å²) >= 11 is 0. The highest BCUT2D eigenvalue weighted by molar-refractivity contribution is 5.27. The Morgan fingerprint density at radius 2 is 2.09 bits per heavy atom. The van der Waals surface area contributed by atoms with Crippen molar-refractivity contribution in [3.05, 3.63) is 29.8 Å². The average molecular weight is 155 g/mol. The van der Waals surface area contributed by atoms with Crippen molar-refractivity contribution < 1.29 is 14.0 Å². The first-order valence-corrected chi connectivity index (χ1v) is 3.27. The van der Waals surface area contributed by atoms with Crippen molar-refractivity contribution in [3.8, 4) is 5.75 Å². The van der Waals surface area contributed by atoms with Crippen LogP contribution >= 0.6 is 0 Å². The van der Waals surface area contributed by atoms with Crippen LogP contribution in [0.3, 0.4) is 0 Å². The third kappa shape index (κ3) is 1.95. The molecular formula is C9H12O2. The van der Waals surface area contributed by atoms with Gasteiger partial charge < -0.3 is 9.84 Å². The lowest BCUT2D eigenvalue weighted by atomic mass is 10.1. The van der Waals surface area contributed by atoms with Gasteiger partial charge in [0.2, 0.25) is 0 Å². The maximum absolute atomic E-state index is 9.42. The van der Waals surface area contributed by atoms with Crippen molar-refractivity contribution in [1.82, 2.24) is 0 Å². The second kappa shape index (κ2) is 3.39. The van der Waals surface area contributed by atoms with Gasteiger partial charge in [-0.2, -0.15) is 0 Å². The van der Waals surface area contributed by atoms with Crippen LogP contribution in [0.5, 0.6) is 5.75 Å². The highest BCUT2D eigenvalue weighted by atomic mass is 16.5. The van der Waals surface area contributed by atoms with E-state index in [1.165, 1.54) is 19.2 Å². The molecular weight excluding hydrogens is 140 g/mol. The summed E-state index contributed by atoms with van der Waals surface area (Å²) in [5.74, 6) is 0.631. The smallest absolute Gasteiger partial charge is 0.118 e. The van der Waals surface area contributed by atoms with Gasteiger partial charge in [-0.1, -0.05) is 12.1 Å². The zero-order chi connectivity index (χ0) is 10.8. The fourth-order valence-electron chi connectivity index (χ4n) is 0.786. The van der Waals surface area contributed by atoms with Gasteiger partial charge in [0.05, 0.1) is 13.2 Å². The molecule has 0 fully saturated rings. The summed E-state index contributed by atoms with van der Waals surface area (Å²) in [7, 11) is 1.52. The number of aliphatic hydroxyl groups is 1. The van der Waals surface area contributed by atoms with Crippen LogP contribution in [0.2, 0.25) is 0 Å². The van der Waals surface area contributed by atoms with E-state index in [4.69, 9.17) is 8.85 Å². The van der Waals surface area contributed by atoms with E-state index in [-0.39, 0.29) is 0 Å². The lowest BCUT2D eigenvalue weighted by Crippen LogP contribution is -1.90. The molecule has 2 nitrogen and oxygen atoms in total. The third-order valence-corrected chi connectivity index (χ3v) is 1.43. The number of hydrogen-bond acceptors (Lipinski definition) is 2. The summed E-state index contributed by atoms with van der Waals surface area (Å²) in [5, 5.41) is 9.42. The third-order valence-electron chi connectivity index (χ3n) is 1.43. The van der Waals surface area contributed by atoms with Crippen molar-refractivity contribution in [2.24, 2.45) is 0 Å². The van der Waals surface area contributed by atoms with Gasteiger partial charge in [-0.15, -0.1) is 0 Å². The number of ether oxygens (including phenoxy) is 1. The quantitative estimate of drug-likeness (QED) is 0.705. The molecule has 0 amide bonds. The fraction of sp³-hybridized carbons (Fsp3) is 0.333. The monoisotopic (exact) mass is 155 g/mol. The molecule has 11 heavy (non-hydrogen) atoms. The molecule has 0 radical (unpaired) electrons. The molecule has 1 N–H and O–H groups in total. The van der Waals surface area contributed by atoms with Crippen molar-refractivity contribution in [2.45, 2.75) is 13.0 Å². The molecule has 1 aromatic rings. The lowest BCUT2D eigenvalue weighted by molar-refractivity contribution is 0.199. The van der Waals surface area contributed by atoms with Crippen LogP contribution < -0.4 is 4.74 Å². The van der Waals surface area contributed by atoms with E-state index in [2.05, 4.69) is 0 Å². The van der Waals surface area contributed by atoms with E-state index >= 15 is 0 Å². The van der Waals surface area contributed by atoms with E-state index in [0.29, 0.717) is 11.3 Å². The molecule has 2 heteroatoms. The van der Waals surface area contributed by atoms with Gasteiger partial charge in [-0.3, -0.25) is 0 Å². The Balaban J connectivity index is 2.87. The Kier molecular flexibility index (Phi) is 1.47. The molecule has 0 aliphatic heterocycles. The van der Waals surface area contributed by atoms with E-state index in [1.807, 2.05) is 0 Å². The van der Waals surface area contributed by atoms with Crippen LogP contribution in [0.1, 0.15) is 22.6 Å². The molecule has 0 heterocycles. The molecule has 0 bridgehead atoms. The van der Waals surface area contributed by atoms with Crippen LogP contribution in [-0.4, -0.2) is 12.2 Å². The molecule has 1 rings (SSSR count). The SMILES string of the molecule is [2H]C([2H])([2H])C(O)c1ccc(OC)cc1. The molecule has 0 aliphatic rings. The molecule has 1 aromatic carbocycles. The van der Waals surface area contributed by atoms with Gasteiger partial charge in [0.25, 0.3) is 0 Å². The average Bonchev–Trinajstić information content (AvgIpc) is 2.15. The highest BCUT2D eigenvalue weighted by Crippen LogP contribution is 2.16. The first-order chi connectivity index (χ1) is 6.45. The summed E-state index contributed by atoms with van der Waals surface area (Å²) in [6.07, 6.45) is -1.44. The standard InChI is InChI=1S/C9H12O2/c1-7(10)8-3-5-9(11-2)6-4-8/h3-7,10H,1-2H3/i1D3. The summed E-state index contributed by atoms with van der Waals surface area (Å²) < 4.78 is 26.0. The van der Waals surface area contributed by atoms with Crippen LogP contribution in [-0.2, 0) is 0 Å². The maximum Gasteiger partial charge on any atom is 0.118 e. The molecule has 0 aromatic heterocycles. The van der Waals surface area contributed by atoms with E-state index in [1.54, 1.807) is 12.1 Å². The second-order valence-corrected chi connectivity index (χ2v) is 2.18. The molecule has 1 unspecified atom stereocenters. The summed E-state index contributed by atoms with van der Waals surface area (Å²) in [5.41, 5.74) is 0.366. The van der Waals surface area contributed by atoms with Gasteiger partial charge in [-0.25, -0.2) is 0 Å². The van der Waals surface area contributed by atoms with Crippen LogP contribution in [0.4, 0.5) is 0 Å². The molecule has 0 spiro atoms. The zero-order valence-corrected chi connectivity index (χ0v) is 6.24. The summed E-state index contributed by atoms with van der Waals surface area (Å²) in [6.45, 7) is -2.38. The lowest BCUT2D eigenvalue weighted by Gasteiger charge is -2.04. The van der Waals surface area contributed by atoms with Gasteiger partial charge in [-0.05, 0) is 24.5 Å². The topological polar surface area (TPSA) is 29.5 Å². The van der Waals surface area contributed by atoms with E-state index in [0.717, 1.165) is 0 Å². The van der Waals surface area contributed by atoms with E-state index in [9.17, 15) is 5.11 Å². The minimum Gasteiger partial charge on any atom is -0.497 e. The normalized spacial score (nSPS) is 17.8. The van der Waals surface area contributed by atoms with Crippen molar-refractivity contribution in [3.63, 3.8) is 0 Å². The number of methoxy groups -OCH3 is 1. The first kappa shape index (κ1) is 4.78. The Bertz CT molecular complexity index is 292. The Morgan fingerprint density at radius 3 is 2.55 bits per heavy atom. The Morgan fingerprint density at radius 1 is 1.45 bits per heavy atom. The predicted octanol–water partition coefficient (Wildman–Crippen LogP) is 1.75. The number of benzene rings is 1. The largest absolute Gasteiger partial charge is 0.497 e. The van der Waals surface area contributed by atoms with Gasteiger partial charge >= 0.3 is 0 Å². The molecule has 0 aliphatic carbocycles. The summed E-state index contributed by atoms with van der Waals surface area (Å²) in [6, 6.07) is 6.31.